The Morgan fingerprint density at radius 2 is 2.00 bits per heavy atom. The number of carbonyl (C=O) groups is 1. The zero-order valence-corrected chi connectivity index (χ0v) is 13.3. The summed E-state index contributed by atoms with van der Waals surface area (Å²) in [5.41, 5.74) is 1.74. The molecule has 0 aliphatic carbocycles. The van der Waals surface area contributed by atoms with E-state index in [2.05, 4.69) is 5.32 Å². The smallest absolute Gasteiger partial charge is 0.419 e. The molecule has 0 spiro atoms. The molecule has 0 aliphatic rings. The van der Waals surface area contributed by atoms with Gasteiger partial charge in [-0.3, -0.25) is 9.36 Å². The number of hydrogen-bond acceptors (Lipinski definition) is 4. The van der Waals surface area contributed by atoms with E-state index in [0.717, 1.165) is 5.75 Å². The number of rotatable bonds is 6. The lowest BCUT2D eigenvalue weighted by molar-refractivity contribution is -0.116. The lowest BCUT2D eigenvalue weighted by atomic mass is 10.2. The number of nitrogens with zero attached hydrogens (tertiary/aromatic N) is 1. The van der Waals surface area contributed by atoms with E-state index in [1.807, 2.05) is 30.3 Å². The van der Waals surface area contributed by atoms with E-state index in [4.69, 9.17) is 9.15 Å². The van der Waals surface area contributed by atoms with Crippen molar-refractivity contribution in [3.05, 3.63) is 59.1 Å². The maximum absolute atomic E-state index is 12.0. The Kier molecular flexibility index (Phi) is 4.65. The van der Waals surface area contributed by atoms with E-state index in [0.29, 0.717) is 36.2 Å². The quantitative estimate of drug-likeness (QED) is 0.707. The summed E-state index contributed by atoms with van der Waals surface area (Å²) >= 11 is 0. The molecule has 6 nitrogen and oxygen atoms in total. The van der Waals surface area contributed by atoms with Crippen molar-refractivity contribution in [2.75, 3.05) is 11.9 Å². The molecule has 6 heteroatoms. The van der Waals surface area contributed by atoms with Gasteiger partial charge in [0.15, 0.2) is 5.58 Å². The Hall–Kier alpha value is -3.02. The molecule has 3 rings (SSSR count). The molecule has 1 aromatic heterocycles. The van der Waals surface area contributed by atoms with Crippen molar-refractivity contribution in [2.24, 2.45) is 7.05 Å². The monoisotopic (exact) mass is 326 g/mol. The minimum absolute atomic E-state index is 0.107. The predicted molar refractivity (Wildman–Crippen MR) is 91.3 cm³/mol. The largest absolute Gasteiger partial charge is 0.494 e. The first kappa shape index (κ1) is 15.9. The summed E-state index contributed by atoms with van der Waals surface area (Å²) in [4.78, 5) is 23.4. The van der Waals surface area contributed by atoms with Crippen LogP contribution in [0.15, 0.2) is 57.7 Å². The number of hydrogen-bond donors (Lipinski definition) is 1. The second-order valence-electron chi connectivity index (χ2n) is 5.42. The molecule has 0 unspecified atom stereocenters. The zero-order valence-electron chi connectivity index (χ0n) is 13.3. The maximum atomic E-state index is 12.0. The van der Waals surface area contributed by atoms with Crippen molar-refractivity contribution in [1.29, 1.82) is 0 Å². The van der Waals surface area contributed by atoms with Gasteiger partial charge in [0, 0.05) is 25.2 Å². The molecular formula is C18H18N2O4. The zero-order chi connectivity index (χ0) is 16.9. The normalized spacial score (nSPS) is 10.7. The van der Waals surface area contributed by atoms with Crippen LogP contribution in [0, 0.1) is 0 Å². The summed E-state index contributed by atoms with van der Waals surface area (Å²) in [7, 11) is 1.64. The Bertz CT molecular complexity index is 896. The molecule has 0 saturated heterocycles. The molecule has 1 heterocycles. The van der Waals surface area contributed by atoms with Gasteiger partial charge in [0.1, 0.15) is 5.75 Å². The van der Waals surface area contributed by atoms with Crippen LogP contribution in [0.25, 0.3) is 11.1 Å². The number of anilines is 1. The van der Waals surface area contributed by atoms with E-state index in [9.17, 15) is 9.59 Å². The number of oxazole rings is 1. The van der Waals surface area contributed by atoms with Crippen molar-refractivity contribution < 1.29 is 13.9 Å². The number of nitrogens with one attached hydrogen (secondary N) is 1. The maximum Gasteiger partial charge on any atom is 0.419 e. The number of ether oxygens (including phenoxy) is 1. The molecule has 0 fully saturated rings. The van der Waals surface area contributed by atoms with Crippen molar-refractivity contribution >= 4 is 22.7 Å². The van der Waals surface area contributed by atoms with Crippen LogP contribution in [0.2, 0.25) is 0 Å². The number of amides is 1. The van der Waals surface area contributed by atoms with Gasteiger partial charge in [-0.25, -0.2) is 4.79 Å². The number of carbonyl (C=O) groups excluding carboxylic acids is 1. The minimum atomic E-state index is -0.425. The third-order valence-electron chi connectivity index (χ3n) is 3.64. The number of para-hydroxylation sites is 1. The lowest BCUT2D eigenvalue weighted by Gasteiger charge is -2.07. The fourth-order valence-electron chi connectivity index (χ4n) is 2.37. The number of benzene rings is 2. The van der Waals surface area contributed by atoms with Crippen molar-refractivity contribution in [3.63, 3.8) is 0 Å². The molecular weight excluding hydrogens is 308 g/mol. The fourth-order valence-corrected chi connectivity index (χ4v) is 2.37. The van der Waals surface area contributed by atoms with Gasteiger partial charge >= 0.3 is 5.76 Å². The van der Waals surface area contributed by atoms with Crippen molar-refractivity contribution in [3.8, 4) is 5.75 Å². The summed E-state index contributed by atoms with van der Waals surface area (Å²) in [5.74, 6) is 0.262. The summed E-state index contributed by atoms with van der Waals surface area (Å²) in [6, 6.07) is 14.6. The molecule has 1 amide bonds. The van der Waals surface area contributed by atoms with Gasteiger partial charge in [0.2, 0.25) is 5.91 Å². The van der Waals surface area contributed by atoms with E-state index in [1.165, 1.54) is 4.57 Å². The van der Waals surface area contributed by atoms with Crippen molar-refractivity contribution in [1.82, 2.24) is 4.57 Å². The Morgan fingerprint density at radius 1 is 1.21 bits per heavy atom. The van der Waals surface area contributed by atoms with E-state index in [-0.39, 0.29) is 5.91 Å². The molecule has 0 saturated carbocycles. The number of aryl methyl sites for hydroxylation is 1. The molecule has 0 aliphatic heterocycles. The molecule has 2 aromatic carbocycles. The van der Waals surface area contributed by atoms with Gasteiger partial charge in [-0.05, 0) is 30.7 Å². The van der Waals surface area contributed by atoms with Gasteiger partial charge in [-0.2, -0.15) is 0 Å². The molecule has 0 radical (unpaired) electrons. The minimum Gasteiger partial charge on any atom is -0.494 e. The Labute approximate surface area is 138 Å². The van der Waals surface area contributed by atoms with Crippen LogP contribution in [0.3, 0.4) is 0 Å². The van der Waals surface area contributed by atoms with Crippen LogP contribution in [-0.2, 0) is 11.8 Å². The van der Waals surface area contributed by atoms with Crippen LogP contribution >= 0.6 is 0 Å². The van der Waals surface area contributed by atoms with Crippen molar-refractivity contribution in [2.45, 2.75) is 12.8 Å². The summed E-state index contributed by atoms with van der Waals surface area (Å²) in [6.07, 6.45) is 0.965. The van der Waals surface area contributed by atoms with Gasteiger partial charge in [-0.1, -0.05) is 18.2 Å². The summed E-state index contributed by atoms with van der Waals surface area (Å²) < 4.78 is 12.1. The second-order valence-corrected chi connectivity index (χ2v) is 5.42. The predicted octanol–water partition coefficient (Wildman–Crippen LogP) is 2.93. The fraction of sp³-hybridized carbons (Fsp3) is 0.222. The third-order valence-corrected chi connectivity index (χ3v) is 3.64. The van der Waals surface area contributed by atoms with Gasteiger partial charge in [-0.15, -0.1) is 0 Å². The van der Waals surface area contributed by atoms with Crippen LogP contribution in [0.4, 0.5) is 5.69 Å². The van der Waals surface area contributed by atoms with E-state index in [1.54, 1.807) is 25.2 Å². The first-order valence-corrected chi connectivity index (χ1v) is 7.71. The Morgan fingerprint density at radius 3 is 2.79 bits per heavy atom. The molecule has 3 aromatic rings. The first-order chi connectivity index (χ1) is 11.6. The first-order valence-electron chi connectivity index (χ1n) is 7.71. The highest BCUT2D eigenvalue weighted by atomic mass is 16.5. The van der Waals surface area contributed by atoms with Crippen LogP contribution < -0.4 is 15.8 Å². The highest BCUT2D eigenvalue weighted by molar-refractivity contribution is 5.92. The van der Waals surface area contributed by atoms with Gasteiger partial charge in [0.25, 0.3) is 0 Å². The average molecular weight is 326 g/mol. The molecule has 24 heavy (non-hydrogen) atoms. The molecule has 0 atom stereocenters. The van der Waals surface area contributed by atoms with E-state index >= 15 is 0 Å². The van der Waals surface area contributed by atoms with E-state index < -0.39 is 5.76 Å². The number of aromatic nitrogens is 1. The third kappa shape index (κ3) is 3.65. The summed E-state index contributed by atoms with van der Waals surface area (Å²) in [5, 5.41) is 2.80. The molecule has 1 N–H and O–H groups in total. The second kappa shape index (κ2) is 7.04. The average Bonchev–Trinajstić information content (AvgIpc) is 2.86. The standard InChI is InChI=1S/C18H18N2O4/c1-20-15-10-9-13(12-16(15)24-18(20)22)19-17(21)8-5-11-23-14-6-3-2-4-7-14/h2-4,6-7,9-10,12H,5,8,11H2,1H3,(H,19,21). The SMILES string of the molecule is Cn1c(=O)oc2cc(NC(=O)CCCOc3ccccc3)ccc21. The topological polar surface area (TPSA) is 73.5 Å². The van der Waals surface area contributed by atoms with Gasteiger partial charge < -0.3 is 14.5 Å². The van der Waals surface area contributed by atoms with Gasteiger partial charge in [0.05, 0.1) is 12.1 Å². The van der Waals surface area contributed by atoms with Crippen LogP contribution in [0.5, 0.6) is 5.75 Å². The molecule has 0 bridgehead atoms. The van der Waals surface area contributed by atoms with Crippen LogP contribution in [0.1, 0.15) is 12.8 Å². The molecule has 124 valence electrons. The van der Waals surface area contributed by atoms with Crippen LogP contribution in [-0.4, -0.2) is 17.1 Å². The summed E-state index contributed by atoms with van der Waals surface area (Å²) in [6.45, 7) is 0.476. The Balaban J connectivity index is 1.50. The highest BCUT2D eigenvalue weighted by Crippen LogP contribution is 2.18. The highest BCUT2D eigenvalue weighted by Gasteiger charge is 2.08. The number of fused-ring (bicyclic) bond motifs is 1. The lowest BCUT2D eigenvalue weighted by Crippen LogP contribution is -2.12.